The van der Waals surface area contributed by atoms with Gasteiger partial charge in [-0.2, -0.15) is 0 Å². The third kappa shape index (κ3) is 6.52. The zero-order chi connectivity index (χ0) is 22.9. The first-order valence-electron chi connectivity index (χ1n) is 11.4. The van der Waals surface area contributed by atoms with Gasteiger partial charge in [0.15, 0.2) is 0 Å². The molecule has 3 aromatic rings. The van der Waals surface area contributed by atoms with Gasteiger partial charge in [0.05, 0.1) is 12.6 Å². The van der Waals surface area contributed by atoms with Crippen molar-refractivity contribution in [3.05, 3.63) is 95.6 Å². The van der Waals surface area contributed by atoms with Gasteiger partial charge in [-0.25, -0.2) is 0 Å². The van der Waals surface area contributed by atoms with Crippen LogP contribution < -0.4 is 16.4 Å². The summed E-state index contributed by atoms with van der Waals surface area (Å²) in [5.41, 5.74) is 11.4. The van der Waals surface area contributed by atoms with Crippen molar-refractivity contribution in [3.8, 4) is 11.1 Å². The lowest BCUT2D eigenvalue weighted by Gasteiger charge is -2.19. The van der Waals surface area contributed by atoms with Crippen molar-refractivity contribution in [2.24, 2.45) is 11.7 Å². The largest absolute Gasteiger partial charge is 0.343 e. The Labute approximate surface area is 192 Å². The van der Waals surface area contributed by atoms with Crippen LogP contribution >= 0.6 is 0 Å². The summed E-state index contributed by atoms with van der Waals surface area (Å²) in [5, 5.41) is 6.37. The van der Waals surface area contributed by atoms with Gasteiger partial charge in [0.2, 0.25) is 5.91 Å². The molecule has 0 radical (unpaired) electrons. The molecule has 0 saturated carbocycles. The maximum atomic E-state index is 12.6. The van der Waals surface area contributed by atoms with E-state index in [4.69, 9.17) is 5.73 Å². The molecule has 32 heavy (non-hydrogen) atoms. The van der Waals surface area contributed by atoms with E-state index in [1.54, 1.807) is 0 Å². The van der Waals surface area contributed by atoms with Crippen LogP contribution in [0, 0.1) is 5.92 Å². The van der Waals surface area contributed by atoms with Gasteiger partial charge in [-0.15, -0.1) is 0 Å². The first-order chi connectivity index (χ1) is 15.5. The highest BCUT2D eigenvalue weighted by molar-refractivity contribution is 5.84. The molecule has 0 heterocycles. The van der Waals surface area contributed by atoms with E-state index in [0.717, 1.165) is 29.7 Å². The van der Waals surface area contributed by atoms with E-state index in [1.807, 2.05) is 18.2 Å². The average Bonchev–Trinajstić information content (AvgIpc) is 2.82. The van der Waals surface area contributed by atoms with Crippen LogP contribution in [0.1, 0.15) is 55.8 Å². The summed E-state index contributed by atoms with van der Waals surface area (Å²) in [6.45, 7) is 7.43. The minimum absolute atomic E-state index is 0.00712. The Kier molecular flexibility index (Phi) is 8.60. The molecular weight excluding hydrogens is 394 g/mol. The zero-order valence-corrected chi connectivity index (χ0v) is 19.3. The maximum absolute atomic E-state index is 12.6. The molecule has 0 spiro atoms. The summed E-state index contributed by atoms with van der Waals surface area (Å²) in [4.78, 5) is 12.6. The van der Waals surface area contributed by atoms with Gasteiger partial charge >= 0.3 is 0 Å². The fourth-order valence-electron chi connectivity index (χ4n) is 3.97. The third-order valence-electron chi connectivity index (χ3n) is 5.79. The van der Waals surface area contributed by atoms with Crippen LogP contribution in [0.5, 0.6) is 0 Å². The number of amides is 1. The molecular formula is C28H35N3O. The van der Waals surface area contributed by atoms with Crippen LogP contribution in [0.3, 0.4) is 0 Å². The Morgan fingerprint density at radius 2 is 1.53 bits per heavy atom. The number of nitrogens with one attached hydrogen (secondary N) is 2. The number of carbonyl (C=O) groups is 1. The molecule has 1 amide bonds. The standard InChI is InChI=1S/C28H35N3O/c1-20(2)16-27(28(32)31-19-29)26-11-7-10-25(17-26)24-14-12-22(13-15-24)18-30-21(3)23-8-5-4-6-9-23/h4-15,17,20-21,27,30H,16,18-19,29H2,1-3H3,(H,31,32)/t21?,27-/m1/s1. The van der Waals surface area contributed by atoms with E-state index >= 15 is 0 Å². The fourth-order valence-corrected chi connectivity index (χ4v) is 3.97. The molecule has 1 unspecified atom stereocenters. The Bertz CT molecular complexity index is 983. The van der Waals surface area contributed by atoms with Crippen molar-refractivity contribution in [3.63, 3.8) is 0 Å². The third-order valence-corrected chi connectivity index (χ3v) is 5.79. The van der Waals surface area contributed by atoms with Gasteiger partial charge in [0.25, 0.3) is 0 Å². The molecule has 4 N–H and O–H groups in total. The zero-order valence-electron chi connectivity index (χ0n) is 19.3. The van der Waals surface area contributed by atoms with Crippen LogP contribution in [0.15, 0.2) is 78.9 Å². The highest BCUT2D eigenvalue weighted by Crippen LogP contribution is 2.29. The molecule has 2 atom stereocenters. The normalized spacial score (nSPS) is 13.0. The van der Waals surface area contributed by atoms with Gasteiger partial charge in [0.1, 0.15) is 0 Å². The van der Waals surface area contributed by atoms with E-state index in [1.165, 1.54) is 11.1 Å². The van der Waals surface area contributed by atoms with E-state index in [-0.39, 0.29) is 18.5 Å². The van der Waals surface area contributed by atoms with E-state index < -0.39 is 0 Å². The van der Waals surface area contributed by atoms with Gasteiger partial charge in [-0.3, -0.25) is 4.79 Å². The SMILES string of the molecule is CC(C)C[C@@H](C(=O)NCN)c1cccc(-c2ccc(CNC(C)c3ccccc3)cc2)c1. The van der Waals surface area contributed by atoms with Crippen molar-refractivity contribution in [1.82, 2.24) is 10.6 Å². The summed E-state index contributed by atoms with van der Waals surface area (Å²) in [7, 11) is 0. The number of rotatable bonds is 10. The number of nitrogens with two attached hydrogens (primary N) is 1. The molecule has 0 fully saturated rings. The Hall–Kier alpha value is -2.95. The fraction of sp³-hybridized carbons (Fsp3) is 0.321. The second-order valence-corrected chi connectivity index (χ2v) is 8.76. The minimum atomic E-state index is -0.193. The van der Waals surface area contributed by atoms with Gasteiger partial charge in [-0.1, -0.05) is 92.7 Å². The molecule has 0 aromatic heterocycles. The van der Waals surface area contributed by atoms with Gasteiger partial charge in [-0.05, 0) is 47.1 Å². The van der Waals surface area contributed by atoms with Crippen molar-refractivity contribution in [2.75, 3.05) is 6.67 Å². The van der Waals surface area contributed by atoms with E-state index in [2.05, 4.69) is 92.1 Å². The Morgan fingerprint density at radius 1 is 0.844 bits per heavy atom. The van der Waals surface area contributed by atoms with E-state index in [0.29, 0.717) is 12.0 Å². The molecule has 4 heteroatoms. The maximum Gasteiger partial charge on any atom is 0.228 e. The summed E-state index contributed by atoms with van der Waals surface area (Å²) >= 11 is 0. The Balaban J connectivity index is 1.71. The minimum Gasteiger partial charge on any atom is -0.343 e. The highest BCUT2D eigenvalue weighted by Gasteiger charge is 2.21. The monoisotopic (exact) mass is 429 g/mol. The molecule has 3 rings (SSSR count). The highest BCUT2D eigenvalue weighted by atomic mass is 16.1. The lowest BCUT2D eigenvalue weighted by atomic mass is 9.88. The average molecular weight is 430 g/mol. The topological polar surface area (TPSA) is 67.2 Å². The number of benzene rings is 3. The second-order valence-electron chi connectivity index (χ2n) is 8.76. The van der Waals surface area contributed by atoms with Crippen molar-refractivity contribution in [1.29, 1.82) is 0 Å². The summed E-state index contributed by atoms with van der Waals surface area (Å²) in [6, 6.07) is 27.7. The lowest BCUT2D eigenvalue weighted by Crippen LogP contribution is -2.34. The van der Waals surface area contributed by atoms with Gasteiger partial charge < -0.3 is 16.4 Å². The molecule has 168 valence electrons. The molecule has 0 aliphatic heterocycles. The Morgan fingerprint density at radius 3 is 2.19 bits per heavy atom. The van der Waals surface area contributed by atoms with Crippen molar-refractivity contribution < 1.29 is 4.79 Å². The summed E-state index contributed by atoms with van der Waals surface area (Å²) in [5.74, 6) is 0.214. The van der Waals surface area contributed by atoms with Crippen LogP contribution in [0.4, 0.5) is 0 Å². The smallest absolute Gasteiger partial charge is 0.228 e. The van der Waals surface area contributed by atoms with Crippen molar-refractivity contribution >= 4 is 5.91 Å². The molecule has 4 nitrogen and oxygen atoms in total. The summed E-state index contributed by atoms with van der Waals surface area (Å²) in [6.07, 6.45) is 0.791. The van der Waals surface area contributed by atoms with Crippen LogP contribution in [-0.2, 0) is 11.3 Å². The lowest BCUT2D eigenvalue weighted by molar-refractivity contribution is -0.122. The van der Waals surface area contributed by atoms with Crippen molar-refractivity contribution in [2.45, 2.75) is 45.7 Å². The molecule has 0 saturated heterocycles. The molecule has 0 aliphatic carbocycles. The number of hydrogen-bond acceptors (Lipinski definition) is 3. The summed E-state index contributed by atoms with van der Waals surface area (Å²) < 4.78 is 0. The first kappa shape index (κ1) is 23.7. The predicted octanol–water partition coefficient (Wildman–Crippen LogP) is 5.37. The second kappa shape index (κ2) is 11.6. The molecule has 0 aliphatic rings. The van der Waals surface area contributed by atoms with Crippen LogP contribution in [-0.4, -0.2) is 12.6 Å². The van der Waals surface area contributed by atoms with Gasteiger partial charge in [0, 0.05) is 12.6 Å². The predicted molar refractivity (Wildman–Crippen MR) is 133 cm³/mol. The molecule has 3 aromatic carbocycles. The quantitative estimate of drug-likeness (QED) is 0.380. The number of hydrogen-bond donors (Lipinski definition) is 3. The first-order valence-corrected chi connectivity index (χ1v) is 11.4. The van der Waals surface area contributed by atoms with Crippen LogP contribution in [0.25, 0.3) is 11.1 Å². The van der Waals surface area contributed by atoms with Crippen LogP contribution in [0.2, 0.25) is 0 Å². The molecule has 0 bridgehead atoms. The number of carbonyl (C=O) groups excluding carboxylic acids is 1. The van der Waals surface area contributed by atoms with E-state index in [9.17, 15) is 4.79 Å².